The zero-order chi connectivity index (χ0) is 25.1. The number of benzene rings is 3. The molecule has 0 radical (unpaired) electrons. The topological polar surface area (TPSA) is 28.5 Å². The number of aromatic nitrogens is 1. The quantitative estimate of drug-likeness (QED) is 0.331. The van der Waals surface area contributed by atoms with Crippen molar-refractivity contribution in [2.24, 2.45) is 0 Å². The smallest absolute Gasteiger partial charge is 0.223 e. The maximum absolute atomic E-state index is 13.6. The van der Waals surface area contributed by atoms with Gasteiger partial charge < -0.3 is 14.4 Å². The molecule has 1 unspecified atom stereocenters. The van der Waals surface area contributed by atoms with Gasteiger partial charge in [0.1, 0.15) is 5.82 Å². The van der Waals surface area contributed by atoms with Gasteiger partial charge in [0.15, 0.2) is 0 Å². The minimum Gasteiger partial charge on any atom is -0.343 e. The van der Waals surface area contributed by atoms with Crippen LogP contribution in [0.5, 0.6) is 0 Å². The predicted molar refractivity (Wildman–Crippen MR) is 144 cm³/mol. The Balaban J connectivity index is 1.51. The highest BCUT2D eigenvalue weighted by Gasteiger charge is 2.27. The van der Waals surface area contributed by atoms with Gasteiger partial charge in [-0.05, 0) is 48.4 Å². The molecule has 1 amide bonds. The molecular weight excluding hydrogens is 449 g/mol. The molecule has 1 aromatic heterocycles. The number of carbonyl (C=O) groups excluding carboxylic acids is 1. The first-order valence-electron chi connectivity index (χ1n) is 12.9. The van der Waals surface area contributed by atoms with Gasteiger partial charge in [-0.3, -0.25) is 4.79 Å². The van der Waals surface area contributed by atoms with Crippen LogP contribution < -0.4 is 0 Å². The molecule has 1 aliphatic heterocycles. The summed E-state index contributed by atoms with van der Waals surface area (Å²) in [6.07, 6.45) is 2.64. The summed E-state index contributed by atoms with van der Waals surface area (Å²) in [6.45, 7) is 9.41. The van der Waals surface area contributed by atoms with E-state index in [2.05, 4.69) is 72.0 Å². The van der Waals surface area contributed by atoms with Gasteiger partial charge in [-0.25, -0.2) is 4.39 Å². The number of carbonyl (C=O) groups is 1. The third-order valence-corrected chi connectivity index (χ3v) is 7.46. The lowest BCUT2D eigenvalue weighted by Crippen LogP contribution is -2.48. The van der Waals surface area contributed by atoms with Gasteiger partial charge in [0.25, 0.3) is 0 Å². The number of hydrogen-bond donors (Lipinski definition) is 0. The number of piperazine rings is 1. The number of amides is 1. The molecule has 36 heavy (non-hydrogen) atoms. The van der Waals surface area contributed by atoms with E-state index in [9.17, 15) is 9.18 Å². The van der Waals surface area contributed by atoms with Crippen molar-refractivity contribution in [2.75, 3.05) is 32.7 Å². The molecule has 5 rings (SSSR count). The highest BCUT2D eigenvalue weighted by molar-refractivity contribution is 5.87. The molecule has 1 aliphatic rings. The Morgan fingerprint density at radius 2 is 1.69 bits per heavy atom. The van der Waals surface area contributed by atoms with Crippen molar-refractivity contribution >= 4 is 16.8 Å². The highest BCUT2D eigenvalue weighted by atomic mass is 19.1. The number of fused-ring (bicyclic) bond motifs is 1. The molecule has 3 aromatic carbocycles. The zero-order valence-electron chi connectivity index (χ0n) is 21.2. The lowest BCUT2D eigenvalue weighted by atomic mass is 9.87. The molecular formula is C31H34FN3O. The molecule has 0 aliphatic carbocycles. The van der Waals surface area contributed by atoms with E-state index < -0.39 is 0 Å². The van der Waals surface area contributed by atoms with E-state index in [1.54, 1.807) is 0 Å². The maximum Gasteiger partial charge on any atom is 0.223 e. The molecule has 2 heterocycles. The molecule has 1 saturated heterocycles. The van der Waals surface area contributed by atoms with Crippen LogP contribution in [-0.4, -0.2) is 53.0 Å². The first-order chi connectivity index (χ1) is 17.5. The molecule has 0 saturated carbocycles. The van der Waals surface area contributed by atoms with Crippen LogP contribution in [0.15, 0.2) is 79.0 Å². The van der Waals surface area contributed by atoms with Crippen LogP contribution in [0.25, 0.3) is 10.9 Å². The summed E-state index contributed by atoms with van der Waals surface area (Å²) >= 11 is 0. The second-order valence-electron chi connectivity index (χ2n) is 9.84. The van der Waals surface area contributed by atoms with Gasteiger partial charge in [-0.1, -0.05) is 67.1 Å². The second-order valence-corrected chi connectivity index (χ2v) is 9.84. The fourth-order valence-electron chi connectivity index (χ4n) is 5.38. The third kappa shape index (κ3) is 5.21. The molecule has 4 aromatic rings. The van der Waals surface area contributed by atoms with Crippen molar-refractivity contribution in [1.29, 1.82) is 0 Å². The van der Waals surface area contributed by atoms with Gasteiger partial charge in [0.05, 0.1) is 0 Å². The van der Waals surface area contributed by atoms with E-state index in [1.165, 1.54) is 28.8 Å². The molecule has 0 bridgehead atoms. The normalized spacial score (nSPS) is 15.4. The van der Waals surface area contributed by atoms with Crippen LogP contribution in [0.2, 0.25) is 0 Å². The van der Waals surface area contributed by atoms with Crippen molar-refractivity contribution in [2.45, 2.75) is 32.7 Å². The number of nitrogens with zero attached hydrogens (tertiary/aromatic N) is 3. The molecule has 186 valence electrons. The van der Waals surface area contributed by atoms with Gasteiger partial charge in [-0.2, -0.15) is 0 Å². The standard InChI is InChI=1S/C31H34FN3O/c1-3-33-15-17-34(18-16-33)31(36)20-28(25-8-6-7-23(2)19-25)29-22-35(30-10-5-4-9-27(29)30)21-24-11-13-26(32)14-12-24/h4-14,19,22,28H,3,15-18,20-21H2,1-2H3. The maximum atomic E-state index is 13.6. The summed E-state index contributed by atoms with van der Waals surface area (Å²) in [7, 11) is 0. The number of halogens is 1. The van der Waals surface area contributed by atoms with Crippen LogP contribution in [-0.2, 0) is 11.3 Å². The predicted octanol–water partition coefficient (Wildman–Crippen LogP) is 5.82. The highest BCUT2D eigenvalue weighted by Crippen LogP contribution is 2.36. The Kier molecular flexibility index (Phi) is 7.19. The van der Waals surface area contributed by atoms with E-state index in [-0.39, 0.29) is 17.6 Å². The molecule has 0 spiro atoms. The van der Waals surface area contributed by atoms with E-state index in [4.69, 9.17) is 0 Å². The number of hydrogen-bond acceptors (Lipinski definition) is 2. The molecule has 5 heteroatoms. The summed E-state index contributed by atoms with van der Waals surface area (Å²) in [5, 5.41) is 1.16. The largest absolute Gasteiger partial charge is 0.343 e. The zero-order valence-corrected chi connectivity index (χ0v) is 21.2. The molecule has 1 fully saturated rings. The van der Waals surface area contributed by atoms with Gasteiger partial charge in [0.2, 0.25) is 5.91 Å². The van der Waals surface area contributed by atoms with Crippen LogP contribution in [0, 0.1) is 12.7 Å². The average molecular weight is 484 g/mol. The molecule has 0 N–H and O–H groups in total. The van der Waals surface area contributed by atoms with Crippen LogP contribution in [0.1, 0.15) is 41.5 Å². The van der Waals surface area contributed by atoms with Crippen LogP contribution in [0.3, 0.4) is 0 Å². The van der Waals surface area contributed by atoms with Crippen LogP contribution in [0.4, 0.5) is 4.39 Å². The lowest BCUT2D eigenvalue weighted by Gasteiger charge is -2.35. The SMILES string of the molecule is CCN1CCN(C(=O)CC(c2cccc(C)c2)c2cn(Cc3ccc(F)cc3)c3ccccc23)CC1. The Morgan fingerprint density at radius 1 is 0.944 bits per heavy atom. The fraction of sp³-hybridized carbons (Fsp3) is 0.323. The number of rotatable bonds is 7. The number of para-hydroxylation sites is 1. The third-order valence-electron chi connectivity index (χ3n) is 7.46. The Morgan fingerprint density at radius 3 is 2.42 bits per heavy atom. The minimum absolute atomic E-state index is 0.0408. The molecule has 4 nitrogen and oxygen atoms in total. The summed E-state index contributed by atoms with van der Waals surface area (Å²) in [6, 6.07) is 23.6. The van der Waals surface area contributed by atoms with E-state index in [0.29, 0.717) is 13.0 Å². The van der Waals surface area contributed by atoms with Gasteiger partial charge in [-0.15, -0.1) is 0 Å². The summed E-state index contributed by atoms with van der Waals surface area (Å²) in [4.78, 5) is 18.0. The molecule has 1 atom stereocenters. The van der Waals surface area contributed by atoms with Crippen molar-refractivity contribution < 1.29 is 9.18 Å². The Labute approximate surface area is 213 Å². The first kappa shape index (κ1) is 24.3. The summed E-state index contributed by atoms with van der Waals surface area (Å²) in [5.41, 5.74) is 5.69. The van der Waals surface area contributed by atoms with Gasteiger partial charge in [0, 0.05) is 62.2 Å². The van der Waals surface area contributed by atoms with E-state index >= 15 is 0 Å². The fourth-order valence-corrected chi connectivity index (χ4v) is 5.38. The van der Waals surface area contributed by atoms with E-state index in [0.717, 1.165) is 49.2 Å². The second kappa shape index (κ2) is 10.7. The number of aryl methyl sites for hydroxylation is 1. The summed E-state index contributed by atoms with van der Waals surface area (Å²) in [5.74, 6) is -0.0526. The minimum atomic E-state index is -0.227. The monoisotopic (exact) mass is 483 g/mol. The van der Waals surface area contributed by atoms with E-state index in [1.807, 2.05) is 23.1 Å². The number of likely N-dealkylation sites (N-methyl/N-ethyl adjacent to an activating group) is 1. The lowest BCUT2D eigenvalue weighted by molar-refractivity contribution is -0.133. The first-order valence-corrected chi connectivity index (χ1v) is 12.9. The van der Waals surface area contributed by atoms with Crippen molar-refractivity contribution in [3.63, 3.8) is 0 Å². The summed E-state index contributed by atoms with van der Waals surface area (Å²) < 4.78 is 15.7. The van der Waals surface area contributed by atoms with Crippen molar-refractivity contribution in [1.82, 2.24) is 14.4 Å². The van der Waals surface area contributed by atoms with Crippen molar-refractivity contribution in [3.8, 4) is 0 Å². The van der Waals surface area contributed by atoms with Gasteiger partial charge >= 0.3 is 0 Å². The van der Waals surface area contributed by atoms with Crippen molar-refractivity contribution in [3.05, 3.63) is 107 Å². The Bertz CT molecular complexity index is 1340. The van der Waals surface area contributed by atoms with Crippen LogP contribution >= 0.6 is 0 Å². The Hall–Kier alpha value is -3.44. The average Bonchev–Trinajstić information content (AvgIpc) is 3.26.